The smallest absolute Gasteiger partial charge is 0.353 e. The van der Waals surface area contributed by atoms with E-state index < -0.39 is 5.97 Å². The van der Waals surface area contributed by atoms with E-state index in [4.69, 9.17) is 5.73 Å². The molecule has 3 heteroatoms. The zero-order chi connectivity index (χ0) is 7.98. The van der Waals surface area contributed by atoms with Crippen LogP contribution in [0.1, 0.15) is 6.42 Å². The fourth-order valence-corrected chi connectivity index (χ4v) is 0.328. The lowest BCUT2D eigenvalue weighted by molar-refractivity contribution is -0.138. The van der Waals surface area contributed by atoms with Crippen molar-refractivity contribution >= 4 is 5.97 Å². The topological polar surface area (TPSA) is 52.3 Å². The summed E-state index contributed by atoms with van der Waals surface area (Å²) < 4.78 is 4.61. The van der Waals surface area contributed by atoms with E-state index in [1.165, 1.54) is 0 Å². The van der Waals surface area contributed by atoms with Crippen molar-refractivity contribution in [2.75, 3.05) is 6.61 Å². The number of esters is 1. The van der Waals surface area contributed by atoms with Crippen LogP contribution in [0.5, 0.6) is 0 Å². The van der Waals surface area contributed by atoms with Crippen molar-refractivity contribution in [2.45, 2.75) is 6.42 Å². The molecular weight excluding hydrogens is 130 g/mol. The lowest BCUT2D eigenvalue weighted by Crippen LogP contribution is -2.13. The highest BCUT2D eigenvalue weighted by atomic mass is 16.5. The molecule has 0 aliphatic heterocycles. The Labute approximate surface area is 60.2 Å². The Morgan fingerprint density at radius 1 is 1.70 bits per heavy atom. The molecule has 0 radical (unpaired) electrons. The second kappa shape index (κ2) is 4.61. The molecule has 0 unspecified atom stereocenters. The molecule has 0 aromatic carbocycles. The largest absolute Gasteiger partial charge is 0.461 e. The van der Waals surface area contributed by atoms with Crippen molar-refractivity contribution in [3.63, 3.8) is 0 Å². The minimum Gasteiger partial charge on any atom is -0.461 e. The molecule has 0 aliphatic rings. The molecule has 3 nitrogen and oxygen atoms in total. The summed E-state index contributed by atoms with van der Waals surface area (Å²) in [6.45, 7) is 6.99. The van der Waals surface area contributed by atoms with Gasteiger partial charge in [-0.15, -0.1) is 6.58 Å². The molecule has 0 aromatic heterocycles. The molecule has 0 aliphatic carbocycles. The van der Waals surface area contributed by atoms with Gasteiger partial charge in [0, 0.05) is 0 Å². The zero-order valence-electron chi connectivity index (χ0n) is 5.80. The van der Waals surface area contributed by atoms with Gasteiger partial charge in [-0.3, -0.25) is 0 Å². The van der Waals surface area contributed by atoms with Gasteiger partial charge < -0.3 is 10.5 Å². The summed E-state index contributed by atoms with van der Waals surface area (Å²) in [6, 6.07) is 0. The molecule has 0 rings (SSSR count). The second-order valence-electron chi connectivity index (χ2n) is 1.74. The Morgan fingerprint density at radius 2 is 2.30 bits per heavy atom. The molecule has 0 saturated carbocycles. The van der Waals surface area contributed by atoms with E-state index in [9.17, 15) is 4.79 Å². The maximum absolute atomic E-state index is 10.5. The molecule has 0 spiro atoms. The summed E-state index contributed by atoms with van der Waals surface area (Å²) in [6.07, 6.45) is 2.30. The monoisotopic (exact) mass is 141 g/mol. The fraction of sp³-hybridized carbons (Fsp3) is 0.286. The second-order valence-corrected chi connectivity index (χ2v) is 1.74. The van der Waals surface area contributed by atoms with Crippen molar-refractivity contribution in [1.29, 1.82) is 0 Å². The molecule has 0 atom stereocenters. The van der Waals surface area contributed by atoms with Gasteiger partial charge in [0.05, 0.1) is 6.61 Å². The van der Waals surface area contributed by atoms with Gasteiger partial charge >= 0.3 is 5.97 Å². The van der Waals surface area contributed by atoms with Crippen LogP contribution in [0.2, 0.25) is 0 Å². The molecule has 0 saturated heterocycles. The minimum atomic E-state index is -0.554. The maximum Gasteiger partial charge on any atom is 0.353 e. The van der Waals surface area contributed by atoms with Crippen LogP contribution < -0.4 is 5.73 Å². The fourth-order valence-electron chi connectivity index (χ4n) is 0.328. The lowest BCUT2D eigenvalue weighted by Gasteiger charge is -1.99. The first-order chi connectivity index (χ1) is 4.68. The summed E-state index contributed by atoms with van der Waals surface area (Å²) >= 11 is 0. The van der Waals surface area contributed by atoms with E-state index >= 15 is 0 Å². The lowest BCUT2D eigenvalue weighted by atomic mass is 10.4. The van der Waals surface area contributed by atoms with Gasteiger partial charge in [0.1, 0.15) is 5.70 Å². The highest BCUT2D eigenvalue weighted by molar-refractivity contribution is 5.86. The summed E-state index contributed by atoms with van der Waals surface area (Å²) in [5.74, 6) is -0.554. The predicted octanol–water partition coefficient (Wildman–Crippen LogP) is 0.578. The minimum absolute atomic E-state index is 0.0657. The van der Waals surface area contributed by atoms with Crippen LogP contribution in [0.15, 0.2) is 24.9 Å². The van der Waals surface area contributed by atoms with Crippen LogP contribution >= 0.6 is 0 Å². The molecule has 2 N–H and O–H groups in total. The van der Waals surface area contributed by atoms with Gasteiger partial charge in [0.25, 0.3) is 0 Å². The molecule has 10 heavy (non-hydrogen) atoms. The van der Waals surface area contributed by atoms with Crippen molar-refractivity contribution in [3.8, 4) is 0 Å². The van der Waals surface area contributed by atoms with Crippen LogP contribution in [0.4, 0.5) is 0 Å². The van der Waals surface area contributed by atoms with Gasteiger partial charge in [0.2, 0.25) is 0 Å². The summed E-state index contributed by atoms with van der Waals surface area (Å²) in [5.41, 5.74) is 4.96. The van der Waals surface area contributed by atoms with Crippen molar-refractivity contribution in [2.24, 2.45) is 5.73 Å². The Balaban J connectivity index is 3.40. The van der Waals surface area contributed by atoms with Crippen molar-refractivity contribution in [3.05, 3.63) is 24.9 Å². The van der Waals surface area contributed by atoms with Crippen LogP contribution in [0.3, 0.4) is 0 Å². The SMILES string of the molecule is C=CCCOC(=O)C(=C)N. The summed E-state index contributed by atoms with van der Waals surface area (Å²) in [5, 5.41) is 0. The zero-order valence-corrected chi connectivity index (χ0v) is 5.80. The summed E-state index contributed by atoms with van der Waals surface area (Å²) in [4.78, 5) is 10.5. The van der Waals surface area contributed by atoms with Crippen molar-refractivity contribution in [1.82, 2.24) is 0 Å². The van der Waals surface area contributed by atoms with Crippen molar-refractivity contribution < 1.29 is 9.53 Å². The maximum atomic E-state index is 10.5. The third-order valence-corrected chi connectivity index (χ3v) is 0.817. The molecule has 0 heterocycles. The van der Waals surface area contributed by atoms with E-state index in [2.05, 4.69) is 17.9 Å². The van der Waals surface area contributed by atoms with Gasteiger partial charge in [0.15, 0.2) is 0 Å². The highest BCUT2D eigenvalue weighted by Gasteiger charge is 2.00. The number of hydrogen-bond acceptors (Lipinski definition) is 3. The average molecular weight is 141 g/mol. The van der Waals surface area contributed by atoms with Gasteiger partial charge in [-0.2, -0.15) is 0 Å². The number of hydrogen-bond donors (Lipinski definition) is 1. The summed E-state index contributed by atoms with van der Waals surface area (Å²) in [7, 11) is 0. The number of carbonyl (C=O) groups is 1. The van der Waals surface area contributed by atoms with Gasteiger partial charge in [-0.1, -0.05) is 12.7 Å². The average Bonchev–Trinajstić information content (AvgIpc) is 1.88. The number of rotatable bonds is 4. The van der Waals surface area contributed by atoms with E-state index in [0.29, 0.717) is 13.0 Å². The Kier molecular flexibility index (Phi) is 4.04. The normalized spacial score (nSPS) is 8.40. The van der Waals surface area contributed by atoms with Crippen LogP contribution in [0, 0.1) is 0 Å². The first kappa shape index (κ1) is 8.75. The molecule has 0 aromatic rings. The molecule has 56 valence electrons. The van der Waals surface area contributed by atoms with E-state index in [1.54, 1.807) is 6.08 Å². The highest BCUT2D eigenvalue weighted by Crippen LogP contribution is 1.88. The molecule has 0 amide bonds. The molecular formula is C7H11NO2. The molecule has 0 fully saturated rings. The standard InChI is InChI=1S/C7H11NO2/c1-3-4-5-10-7(9)6(2)8/h3H,1-2,4-5,8H2. The van der Waals surface area contributed by atoms with Gasteiger partial charge in [-0.05, 0) is 6.42 Å². The van der Waals surface area contributed by atoms with Crippen LogP contribution in [0.25, 0.3) is 0 Å². The van der Waals surface area contributed by atoms with E-state index in [1.807, 2.05) is 0 Å². The Hall–Kier alpha value is -1.25. The van der Waals surface area contributed by atoms with Gasteiger partial charge in [-0.25, -0.2) is 4.79 Å². The Morgan fingerprint density at radius 3 is 2.70 bits per heavy atom. The third-order valence-electron chi connectivity index (χ3n) is 0.817. The number of nitrogens with two attached hydrogens (primary N) is 1. The predicted molar refractivity (Wildman–Crippen MR) is 39.1 cm³/mol. The third kappa shape index (κ3) is 3.72. The molecule has 0 bridgehead atoms. The van der Waals surface area contributed by atoms with E-state index in [0.717, 1.165) is 0 Å². The number of carbonyl (C=O) groups excluding carboxylic acids is 1. The number of ether oxygens (including phenoxy) is 1. The first-order valence-corrected chi connectivity index (χ1v) is 2.91. The quantitative estimate of drug-likeness (QED) is 0.269. The van der Waals surface area contributed by atoms with Crippen LogP contribution in [-0.2, 0) is 9.53 Å². The van der Waals surface area contributed by atoms with Crippen LogP contribution in [-0.4, -0.2) is 12.6 Å². The first-order valence-electron chi connectivity index (χ1n) is 2.91. The van der Waals surface area contributed by atoms with E-state index in [-0.39, 0.29) is 5.70 Å². The Bertz CT molecular complexity index is 152.